The highest BCUT2D eigenvalue weighted by molar-refractivity contribution is 7.89. The maximum atomic E-state index is 13.4. The summed E-state index contributed by atoms with van der Waals surface area (Å²) in [4.78, 5) is 27.1. The van der Waals surface area contributed by atoms with Gasteiger partial charge in [-0.05, 0) is 56.2 Å². The van der Waals surface area contributed by atoms with E-state index in [1.165, 1.54) is 29.6 Å². The summed E-state index contributed by atoms with van der Waals surface area (Å²) in [6.45, 7) is 2.93. The maximum absolute atomic E-state index is 13.4. The Labute approximate surface area is 236 Å². The summed E-state index contributed by atoms with van der Waals surface area (Å²) in [5, 5.41) is 2.41. The number of hydrogen-bond acceptors (Lipinski definition) is 8. The second kappa shape index (κ2) is 12.7. The molecule has 0 saturated carbocycles. The highest BCUT2D eigenvalue weighted by Gasteiger charge is 2.34. The van der Waals surface area contributed by atoms with Crippen molar-refractivity contribution in [1.29, 1.82) is 0 Å². The quantitative estimate of drug-likeness (QED) is 0.455. The molecule has 41 heavy (non-hydrogen) atoms. The molecule has 2 aromatic carbocycles. The molecule has 0 radical (unpaired) electrons. The Morgan fingerprint density at radius 3 is 2.46 bits per heavy atom. The number of piperidine rings is 1. The number of rotatable bonds is 8. The standard InChI is InChI=1S/C27H32F3N3O7S/c1-18-5-3-4-10-33(18)41(36,37)24-15-19(6-9-23(24)38-2)26(35)40-17-25(34)31-21-16-20(27(28,29)30)7-8-22(21)32-11-13-39-14-12-32/h6-9,15-16,18H,3-5,10-14,17H2,1-2H3,(H,31,34)/t18-/m0/s1. The molecule has 10 nitrogen and oxygen atoms in total. The van der Waals surface area contributed by atoms with Gasteiger partial charge in [0.05, 0.1) is 42.8 Å². The number of methoxy groups -OCH3 is 1. The molecule has 2 aromatic rings. The second-order valence-electron chi connectivity index (χ2n) is 9.78. The summed E-state index contributed by atoms with van der Waals surface area (Å²) in [6.07, 6.45) is -2.31. The Hall–Kier alpha value is -3.36. The number of carbonyl (C=O) groups is 2. The number of carbonyl (C=O) groups excluding carboxylic acids is 2. The van der Waals surface area contributed by atoms with E-state index in [9.17, 15) is 31.2 Å². The second-order valence-corrected chi connectivity index (χ2v) is 11.6. The lowest BCUT2D eigenvalue weighted by atomic mass is 10.1. The molecule has 0 unspecified atom stereocenters. The van der Waals surface area contributed by atoms with Crippen LogP contribution >= 0.6 is 0 Å². The van der Waals surface area contributed by atoms with Crippen molar-refractivity contribution in [3.63, 3.8) is 0 Å². The summed E-state index contributed by atoms with van der Waals surface area (Å²) in [6, 6.07) is 6.58. The third kappa shape index (κ3) is 7.11. The van der Waals surface area contributed by atoms with E-state index in [2.05, 4.69) is 5.32 Å². The highest BCUT2D eigenvalue weighted by atomic mass is 32.2. The Morgan fingerprint density at radius 2 is 1.80 bits per heavy atom. The first-order valence-electron chi connectivity index (χ1n) is 13.1. The van der Waals surface area contributed by atoms with Gasteiger partial charge in [-0.1, -0.05) is 6.42 Å². The van der Waals surface area contributed by atoms with Crippen LogP contribution in [-0.2, 0) is 30.5 Å². The number of anilines is 2. The minimum absolute atomic E-state index is 0.0530. The molecule has 0 aliphatic carbocycles. The van der Waals surface area contributed by atoms with Crippen molar-refractivity contribution in [1.82, 2.24) is 4.31 Å². The number of nitrogens with one attached hydrogen (secondary N) is 1. The number of morpholine rings is 1. The molecule has 4 rings (SSSR count). The predicted molar refractivity (Wildman–Crippen MR) is 144 cm³/mol. The summed E-state index contributed by atoms with van der Waals surface area (Å²) < 4.78 is 83.9. The van der Waals surface area contributed by atoms with Crippen molar-refractivity contribution in [2.75, 3.05) is 56.8 Å². The van der Waals surface area contributed by atoms with Crippen molar-refractivity contribution in [2.45, 2.75) is 43.3 Å². The van der Waals surface area contributed by atoms with Gasteiger partial charge in [0.2, 0.25) is 10.0 Å². The van der Waals surface area contributed by atoms with E-state index in [0.29, 0.717) is 51.4 Å². The first-order valence-corrected chi connectivity index (χ1v) is 14.6. The molecule has 1 atom stereocenters. The molecule has 2 fully saturated rings. The number of benzene rings is 2. The number of esters is 1. The van der Waals surface area contributed by atoms with Gasteiger partial charge in [-0.3, -0.25) is 4.79 Å². The van der Waals surface area contributed by atoms with E-state index in [4.69, 9.17) is 14.2 Å². The fourth-order valence-corrected chi connectivity index (χ4v) is 6.74. The largest absolute Gasteiger partial charge is 0.495 e. The summed E-state index contributed by atoms with van der Waals surface area (Å²) >= 11 is 0. The van der Waals surface area contributed by atoms with Crippen molar-refractivity contribution in [3.05, 3.63) is 47.5 Å². The fourth-order valence-electron chi connectivity index (χ4n) is 4.85. The number of alkyl halides is 3. The lowest BCUT2D eigenvalue weighted by molar-refractivity contribution is -0.137. The number of hydrogen-bond donors (Lipinski definition) is 1. The monoisotopic (exact) mass is 599 g/mol. The van der Waals surface area contributed by atoms with Crippen LogP contribution in [0.25, 0.3) is 0 Å². The normalized spacial score (nSPS) is 18.6. The van der Waals surface area contributed by atoms with Crippen LogP contribution in [0.3, 0.4) is 0 Å². The van der Waals surface area contributed by atoms with Gasteiger partial charge >= 0.3 is 12.1 Å². The van der Waals surface area contributed by atoms with Gasteiger partial charge in [0, 0.05) is 25.7 Å². The zero-order valence-electron chi connectivity index (χ0n) is 22.7. The molecule has 0 bridgehead atoms. The maximum Gasteiger partial charge on any atom is 0.416 e. The summed E-state index contributed by atoms with van der Waals surface area (Å²) in [5.41, 5.74) is -0.791. The first kappa shape index (κ1) is 30.6. The lowest BCUT2D eigenvalue weighted by Crippen LogP contribution is -2.42. The molecule has 1 amide bonds. The van der Waals surface area contributed by atoms with Crippen LogP contribution in [0.5, 0.6) is 5.75 Å². The Morgan fingerprint density at radius 1 is 1.07 bits per heavy atom. The first-order chi connectivity index (χ1) is 19.4. The van der Waals surface area contributed by atoms with Crippen LogP contribution in [0.2, 0.25) is 0 Å². The third-order valence-corrected chi connectivity index (χ3v) is 9.05. The zero-order chi connectivity index (χ0) is 29.8. The van der Waals surface area contributed by atoms with Gasteiger partial charge in [-0.25, -0.2) is 13.2 Å². The number of sulfonamides is 1. The van der Waals surface area contributed by atoms with E-state index in [1.807, 2.05) is 6.92 Å². The van der Waals surface area contributed by atoms with E-state index >= 15 is 0 Å². The molecule has 224 valence electrons. The predicted octanol–water partition coefficient (Wildman–Crippen LogP) is 3.91. The molecule has 2 aliphatic rings. The molecule has 1 N–H and O–H groups in total. The van der Waals surface area contributed by atoms with E-state index in [1.54, 1.807) is 4.90 Å². The molecular weight excluding hydrogens is 567 g/mol. The van der Waals surface area contributed by atoms with Gasteiger partial charge in [-0.15, -0.1) is 0 Å². The topological polar surface area (TPSA) is 114 Å². The minimum Gasteiger partial charge on any atom is -0.495 e. The third-order valence-electron chi connectivity index (χ3n) is 7.01. The Balaban J connectivity index is 1.49. The van der Waals surface area contributed by atoms with Gasteiger partial charge < -0.3 is 24.4 Å². The minimum atomic E-state index is -4.63. The molecule has 14 heteroatoms. The van der Waals surface area contributed by atoms with Crippen LogP contribution in [0.4, 0.5) is 24.5 Å². The van der Waals surface area contributed by atoms with Crippen LogP contribution in [0.15, 0.2) is 41.3 Å². The Bertz CT molecular complexity index is 1380. The average molecular weight is 600 g/mol. The van der Waals surface area contributed by atoms with E-state index in [-0.39, 0.29) is 27.9 Å². The van der Waals surface area contributed by atoms with Crippen molar-refractivity contribution >= 4 is 33.3 Å². The van der Waals surface area contributed by atoms with Gasteiger partial charge in [0.15, 0.2) is 6.61 Å². The van der Waals surface area contributed by atoms with Crippen LogP contribution in [0, 0.1) is 0 Å². The summed E-state index contributed by atoms with van der Waals surface area (Å²) in [7, 11) is -2.68. The Kier molecular flexibility index (Phi) is 9.44. The van der Waals surface area contributed by atoms with E-state index in [0.717, 1.165) is 24.6 Å². The van der Waals surface area contributed by atoms with Gasteiger partial charge in [-0.2, -0.15) is 17.5 Å². The van der Waals surface area contributed by atoms with Crippen LogP contribution < -0.4 is 15.0 Å². The van der Waals surface area contributed by atoms with E-state index < -0.39 is 40.2 Å². The molecule has 0 aromatic heterocycles. The number of nitrogens with zero attached hydrogens (tertiary/aromatic N) is 2. The molecular formula is C27H32F3N3O7S. The van der Waals surface area contributed by atoms with Crippen LogP contribution in [-0.4, -0.2) is 77.2 Å². The SMILES string of the molecule is COc1ccc(C(=O)OCC(=O)Nc2cc(C(F)(F)F)ccc2N2CCOCC2)cc1S(=O)(=O)N1CCCC[C@@H]1C. The van der Waals surface area contributed by atoms with Gasteiger partial charge in [0.1, 0.15) is 10.6 Å². The van der Waals surface area contributed by atoms with Crippen molar-refractivity contribution in [3.8, 4) is 5.75 Å². The van der Waals surface area contributed by atoms with Crippen LogP contribution in [0.1, 0.15) is 42.1 Å². The number of halogens is 3. The van der Waals surface area contributed by atoms with Crippen molar-refractivity contribution in [2.24, 2.45) is 0 Å². The molecule has 2 heterocycles. The fraction of sp³-hybridized carbons (Fsp3) is 0.481. The lowest BCUT2D eigenvalue weighted by Gasteiger charge is -2.32. The molecule has 2 aliphatic heterocycles. The zero-order valence-corrected chi connectivity index (χ0v) is 23.5. The number of ether oxygens (including phenoxy) is 3. The smallest absolute Gasteiger partial charge is 0.416 e. The average Bonchev–Trinajstić information content (AvgIpc) is 2.95. The summed E-state index contributed by atoms with van der Waals surface area (Å²) in [5.74, 6) is -1.80. The van der Waals surface area contributed by atoms with Crippen molar-refractivity contribution < 1.29 is 45.4 Å². The molecule has 0 spiro atoms. The van der Waals surface area contributed by atoms with Gasteiger partial charge in [0.25, 0.3) is 5.91 Å². The number of amides is 1. The highest BCUT2D eigenvalue weighted by Crippen LogP contribution is 2.36. The molecule has 2 saturated heterocycles.